The van der Waals surface area contributed by atoms with Crippen LogP contribution < -0.4 is 21.9 Å². The summed E-state index contributed by atoms with van der Waals surface area (Å²) in [7, 11) is 1.39. The Balaban J connectivity index is 0.000000313. The van der Waals surface area contributed by atoms with Crippen molar-refractivity contribution in [2.75, 3.05) is 24.3 Å². The second kappa shape index (κ2) is 8.26. The smallest absolute Gasteiger partial charge is 0.435 e. The zero-order valence-corrected chi connectivity index (χ0v) is 14.4. The fourth-order valence-corrected chi connectivity index (χ4v) is 2.11. The van der Waals surface area contributed by atoms with Crippen LogP contribution in [-0.4, -0.2) is 17.1 Å². The van der Waals surface area contributed by atoms with Gasteiger partial charge in [0.05, 0.1) is 12.7 Å². The predicted octanol–water partition coefficient (Wildman–Crippen LogP) is 3.60. The molecule has 0 amide bonds. The highest BCUT2D eigenvalue weighted by Gasteiger charge is 2.37. The average molecular weight is 377 g/mol. The van der Waals surface area contributed by atoms with E-state index in [1.807, 2.05) is 30.3 Å². The molecule has 0 radical (unpaired) electrons. The van der Waals surface area contributed by atoms with E-state index in [0.29, 0.717) is 11.3 Å². The lowest BCUT2D eigenvalue weighted by Gasteiger charge is -2.13. The molecule has 6 N–H and O–H groups in total. The number of halogens is 3. The van der Waals surface area contributed by atoms with Gasteiger partial charge in [-0.25, -0.2) is 9.97 Å². The third-order valence-corrected chi connectivity index (χ3v) is 3.39. The summed E-state index contributed by atoms with van der Waals surface area (Å²) in [5.74, 6) is -0.278. The van der Waals surface area contributed by atoms with Crippen LogP contribution in [0.1, 0.15) is 5.69 Å². The van der Waals surface area contributed by atoms with Crippen LogP contribution in [-0.2, 0) is 6.18 Å². The lowest BCUT2D eigenvalue weighted by Crippen LogP contribution is -2.15. The Morgan fingerprint density at radius 2 is 1.44 bits per heavy atom. The van der Waals surface area contributed by atoms with Crippen molar-refractivity contribution < 1.29 is 17.9 Å². The molecule has 1 heterocycles. The number of benzene rings is 2. The van der Waals surface area contributed by atoms with Gasteiger partial charge in [0.15, 0.2) is 17.3 Å². The molecule has 0 unspecified atom stereocenters. The van der Waals surface area contributed by atoms with Gasteiger partial charge in [-0.2, -0.15) is 13.2 Å². The minimum atomic E-state index is -4.71. The summed E-state index contributed by atoms with van der Waals surface area (Å²) >= 11 is 0. The van der Waals surface area contributed by atoms with E-state index in [-0.39, 0.29) is 5.82 Å². The normalized spacial score (nSPS) is 10.7. The van der Waals surface area contributed by atoms with E-state index < -0.39 is 23.4 Å². The molecule has 0 aliphatic heterocycles. The zero-order chi connectivity index (χ0) is 20.0. The lowest BCUT2D eigenvalue weighted by molar-refractivity contribution is -0.140. The Kier molecular flexibility index (Phi) is 6.07. The standard InChI is InChI=1S/C12H11F3N4O.C6H7N/c1-20-7-5-3-2-4-6(7)11-18-9(12(13,14)15)8(16)10(17)19-11;7-6-4-2-1-3-5-6/h2-5H,16H2,1H3,(H2,17,18,19);1-5H,7H2. The molecule has 1 aromatic heterocycles. The van der Waals surface area contributed by atoms with E-state index in [0.717, 1.165) is 5.69 Å². The first kappa shape index (κ1) is 19.8. The third-order valence-electron chi connectivity index (χ3n) is 3.39. The predicted molar refractivity (Wildman–Crippen MR) is 98.7 cm³/mol. The highest BCUT2D eigenvalue weighted by Crippen LogP contribution is 2.36. The molecule has 2 aromatic carbocycles. The van der Waals surface area contributed by atoms with Gasteiger partial charge in [0, 0.05) is 5.69 Å². The molecular weight excluding hydrogens is 359 g/mol. The molecule has 0 aliphatic carbocycles. The van der Waals surface area contributed by atoms with Gasteiger partial charge >= 0.3 is 6.18 Å². The van der Waals surface area contributed by atoms with Crippen molar-refractivity contribution in [3.8, 4) is 17.1 Å². The third kappa shape index (κ3) is 5.00. The number of methoxy groups -OCH3 is 1. The number of ether oxygens (including phenoxy) is 1. The molecule has 3 rings (SSSR count). The van der Waals surface area contributed by atoms with Gasteiger partial charge in [0.25, 0.3) is 0 Å². The second-order valence-electron chi connectivity index (χ2n) is 5.30. The number of hydrogen-bond acceptors (Lipinski definition) is 6. The van der Waals surface area contributed by atoms with E-state index in [4.69, 9.17) is 21.9 Å². The van der Waals surface area contributed by atoms with Crippen LogP contribution in [0.5, 0.6) is 5.75 Å². The minimum Gasteiger partial charge on any atom is -0.496 e. The largest absolute Gasteiger partial charge is 0.496 e. The molecule has 0 saturated heterocycles. The van der Waals surface area contributed by atoms with Crippen molar-refractivity contribution >= 4 is 17.2 Å². The quantitative estimate of drug-likeness (QED) is 0.588. The molecule has 142 valence electrons. The first-order valence-electron chi connectivity index (χ1n) is 7.68. The number of para-hydroxylation sites is 2. The summed E-state index contributed by atoms with van der Waals surface area (Å²) in [4.78, 5) is 7.25. The summed E-state index contributed by atoms with van der Waals surface area (Å²) in [6.07, 6.45) is -4.71. The summed E-state index contributed by atoms with van der Waals surface area (Å²) in [5, 5.41) is 0. The van der Waals surface area contributed by atoms with E-state index in [2.05, 4.69) is 9.97 Å². The van der Waals surface area contributed by atoms with E-state index in [9.17, 15) is 13.2 Å². The number of rotatable bonds is 2. The molecule has 0 aliphatic rings. The molecule has 0 bridgehead atoms. The molecule has 6 nitrogen and oxygen atoms in total. The van der Waals surface area contributed by atoms with Gasteiger partial charge in [-0.3, -0.25) is 0 Å². The van der Waals surface area contributed by atoms with Gasteiger partial charge in [0.1, 0.15) is 11.4 Å². The number of nitrogens with two attached hydrogens (primary N) is 3. The summed E-state index contributed by atoms with van der Waals surface area (Å²) in [6, 6.07) is 15.9. The van der Waals surface area contributed by atoms with Crippen LogP contribution in [0.15, 0.2) is 54.6 Å². The number of nitrogen functional groups attached to an aromatic ring is 3. The van der Waals surface area contributed by atoms with Gasteiger partial charge in [0.2, 0.25) is 0 Å². The Hall–Kier alpha value is -3.49. The zero-order valence-electron chi connectivity index (χ0n) is 14.4. The van der Waals surface area contributed by atoms with E-state index in [1.165, 1.54) is 13.2 Å². The molecule has 9 heteroatoms. The first-order valence-corrected chi connectivity index (χ1v) is 7.68. The maximum atomic E-state index is 12.8. The Morgan fingerprint density at radius 3 is 1.96 bits per heavy atom. The van der Waals surface area contributed by atoms with Gasteiger partial charge in [-0.05, 0) is 24.3 Å². The van der Waals surface area contributed by atoms with Crippen molar-refractivity contribution in [2.45, 2.75) is 6.18 Å². The van der Waals surface area contributed by atoms with Crippen molar-refractivity contribution in [3.63, 3.8) is 0 Å². The number of alkyl halides is 3. The average Bonchev–Trinajstić information content (AvgIpc) is 2.64. The van der Waals surface area contributed by atoms with Crippen molar-refractivity contribution in [1.82, 2.24) is 9.97 Å². The second-order valence-corrected chi connectivity index (χ2v) is 5.30. The molecule has 0 saturated carbocycles. The van der Waals surface area contributed by atoms with Crippen LogP contribution in [0.25, 0.3) is 11.4 Å². The first-order chi connectivity index (χ1) is 12.7. The molecule has 0 atom stereocenters. The number of hydrogen-bond donors (Lipinski definition) is 3. The highest BCUT2D eigenvalue weighted by atomic mass is 19.4. The summed E-state index contributed by atoms with van der Waals surface area (Å²) < 4.78 is 43.6. The van der Waals surface area contributed by atoms with Crippen LogP contribution >= 0.6 is 0 Å². The van der Waals surface area contributed by atoms with Crippen molar-refractivity contribution in [3.05, 3.63) is 60.3 Å². The maximum Gasteiger partial charge on any atom is 0.435 e. The number of nitrogens with zero attached hydrogens (tertiary/aromatic N) is 2. The fraction of sp³-hybridized carbons (Fsp3) is 0.111. The monoisotopic (exact) mass is 377 g/mol. The molecular formula is C18H18F3N5O. The molecule has 0 spiro atoms. The summed E-state index contributed by atoms with van der Waals surface area (Å²) in [6.45, 7) is 0. The Labute approximate surface area is 153 Å². The molecule has 3 aromatic rings. The maximum absolute atomic E-state index is 12.8. The minimum absolute atomic E-state index is 0.193. The number of aromatic nitrogens is 2. The van der Waals surface area contributed by atoms with Gasteiger partial charge < -0.3 is 21.9 Å². The van der Waals surface area contributed by atoms with E-state index >= 15 is 0 Å². The Morgan fingerprint density at radius 1 is 0.852 bits per heavy atom. The van der Waals surface area contributed by atoms with E-state index in [1.54, 1.807) is 18.2 Å². The Bertz CT molecular complexity index is 901. The van der Waals surface area contributed by atoms with Gasteiger partial charge in [-0.1, -0.05) is 30.3 Å². The van der Waals surface area contributed by atoms with Crippen molar-refractivity contribution in [1.29, 1.82) is 0 Å². The SMILES string of the molecule is COc1ccccc1-c1nc(N)c(N)c(C(F)(F)F)n1.Nc1ccccc1. The molecule has 0 fully saturated rings. The topological polar surface area (TPSA) is 113 Å². The van der Waals surface area contributed by atoms with Crippen LogP contribution in [0.3, 0.4) is 0 Å². The van der Waals surface area contributed by atoms with Crippen LogP contribution in [0, 0.1) is 0 Å². The highest BCUT2D eigenvalue weighted by molar-refractivity contribution is 5.70. The summed E-state index contributed by atoms with van der Waals surface area (Å²) in [5.41, 5.74) is 15.3. The van der Waals surface area contributed by atoms with Crippen LogP contribution in [0.2, 0.25) is 0 Å². The molecule has 27 heavy (non-hydrogen) atoms. The van der Waals surface area contributed by atoms with Crippen LogP contribution in [0.4, 0.5) is 30.4 Å². The van der Waals surface area contributed by atoms with Crippen molar-refractivity contribution in [2.24, 2.45) is 0 Å². The van der Waals surface area contributed by atoms with Gasteiger partial charge in [-0.15, -0.1) is 0 Å². The number of anilines is 3. The lowest BCUT2D eigenvalue weighted by atomic mass is 10.1. The fourth-order valence-electron chi connectivity index (χ4n) is 2.11.